The van der Waals surface area contributed by atoms with Crippen molar-refractivity contribution in [1.82, 2.24) is 0 Å². The molecule has 0 fully saturated rings. The summed E-state index contributed by atoms with van der Waals surface area (Å²) in [5, 5.41) is 10.2. The Morgan fingerprint density at radius 1 is 0.400 bits per heavy atom. The molecule has 0 aliphatic carbocycles. The molecular formula is C50H38Cl2O2Zr. The van der Waals surface area contributed by atoms with Crippen molar-refractivity contribution in [3.05, 3.63) is 181 Å². The topological polar surface area (TPSA) is 26.3 Å². The van der Waals surface area contributed by atoms with E-state index >= 15 is 0 Å². The van der Waals surface area contributed by atoms with Crippen molar-refractivity contribution >= 4 is 43.1 Å². The van der Waals surface area contributed by atoms with Crippen molar-refractivity contribution in [3.63, 3.8) is 0 Å². The third-order valence-electron chi connectivity index (χ3n) is 10.3. The summed E-state index contributed by atoms with van der Waals surface area (Å²) in [7, 11) is 0. The molecule has 0 atom stereocenters. The normalized spacial score (nSPS) is 10.8. The zero-order valence-corrected chi connectivity index (χ0v) is 34.6. The maximum absolute atomic E-state index is 5.96. The van der Waals surface area contributed by atoms with Crippen LogP contribution in [0.15, 0.2) is 179 Å². The molecule has 5 heteroatoms. The first-order chi connectivity index (χ1) is 25.7. The van der Waals surface area contributed by atoms with E-state index in [-0.39, 0.29) is 51.0 Å². The van der Waals surface area contributed by atoms with Crippen LogP contribution in [-0.2, 0) is 39.0 Å². The number of furan rings is 2. The van der Waals surface area contributed by atoms with Crippen LogP contribution in [0.3, 0.4) is 0 Å². The molecule has 2 nitrogen and oxygen atoms in total. The van der Waals surface area contributed by atoms with Gasteiger partial charge in [0.15, 0.2) is 0 Å². The van der Waals surface area contributed by atoms with E-state index in [9.17, 15) is 0 Å². The first-order valence-electron chi connectivity index (χ1n) is 18.2. The predicted molar refractivity (Wildman–Crippen MR) is 219 cm³/mol. The minimum absolute atomic E-state index is 0. The summed E-state index contributed by atoms with van der Waals surface area (Å²) in [6.45, 7) is 4.23. The zero-order chi connectivity index (χ0) is 35.0. The third-order valence-corrected chi connectivity index (χ3v) is 10.3. The second-order valence-corrected chi connectivity index (χ2v) is 13.4. The molecule has 2 aromatic heterocycles. The van der Waals surface area contributed by atoms with E-state index in [0.717, 1.165) is 47.0 Å². The van der Waals surface area contributed by atoms with Gasteiger partial charge in [0.05, 0.1) is 23.0 Å². The molecule has 268 valence electrons. The number of hydrogen-bond acceptors (Lipinski definition) is 2. The number of halogens is 2. The van der Waals surface area contributed by atoms with E-state index in [1.807, 2.05) is 0 Å². The summed E-state index contributed by atoms with van der Waals surface area (Å²) >= 11 is 0. The van der Waals surface area contributed by atoms with Gasteiger partial charge < -0.3 is 33.6 Å². The van der Waals surface area contributed by atoms with E-state index in [0.29, 0.717) is 0 Å². The monoisotopic (exact) mass is 830 g/mol. The zero-order valence-electron chi connectivity index (χ0n) is 30.7. The fourth-order valence-electron chi connectivity index (χ4n) is 7.59. The minimum atomic E-state index is 0. The van der Waals surface area contributed by atoms with Crippen molar-refractivity contribution in [2.45, 2.75) is 26.7 Å². The summed E-state index contributed by atoms with van der Waals surface area (Å²) in [5.74, 6) is 3.95. The van der Waals surface area contributed by atoms with Crippen LogP contribution in [0, 0.1) is 0 Å². The van der Waals surface area contributed by atoms with Gasteiger partial charge >= 0.3 is 26.2 Å². The molecule has 0 N–H and O–H groups in total. The van der Waals surface area contributed by atoms with Gasteiger partial charge in [0.2, 0.25) is 0 Å². The van der Waals surface area contributed by atoms with Crippen molar-refractivity contribution < 1.29 is 59.9 Å². The molecule has 0 saturated heterocycles. The number of rotatable bonds is 6. The van der Waals surface area contributed by atoms with Gasteiger partial charge in [-0.25, -0.2) is 0 Å². The van der Waals surface area contributed by atoms with Gasteiger partial charge in [-0.3, -0.25) is 0 Å². The second-order valence-electron chi connectivity index (χ2n) is 13.4. The summed E-state index contributed by atoms with van der Waals surface area (Å²) in [6, 6.07) is 60.5. The average molecular weight is 833 g/mol. The van der Waals surface area contributed by atoms with E-state index in [1.165, 1.54) is 65.3 Å². The Morgan fingerprint density at radius 2 is 0.764 bits per heavy atom. The van der Waals surface area contributed by atoms with Gasteiger partial charge in [-0.15, -0.1) is 57.9 Å². The SMILES string of the molecule is CCc1ccc(-c2cc3c(-c4cccc5ccccc45)cccc3[cH-]2)o1.CCc1ccc(-c2cc3c(-c4cccc5ccccc45)cccc3[cH-]2)o1.[Cl-].[Cl-].[Zr+4]. The first kappa shape index (κ1) is 39.8. The molecule has 0 amide bonds. The van der Waals surface area contributed by atoms with Crippen molar-refractivity contribution in [3.8, 4) is 44.9 Å². The van der Waals surface area contributed by atoms with Crippen LogP contribution in [0.25, 0.3) is 88.0 Å². The minimum Gasteiger partial charge on any atom is -1.00 e. The summed E-state index contributed by atoms with van der Waals surface area (Å²) < 4.78 is 11.9. The largest absolute Gasteiger partial charge is 4.00 e. The van der Waals surface area contributed by atoms with Crippen LogP contribution in [0.2, 0.25) is 0 Å². The maximum atomic E-state index is 5.96. The van der Waals surface area contributed by atoms with Crippen molar-refractivity contribution in [2.24, 2.45) is 0 Å². The van der Waals surface area contributed by atoms with Gasteiger partial charge in [-0.2, -0.15) is 0 Å². The Kier molecular flexibility index (Phi) is 12.5. The van der Waals surface area contributed by atoms with Crippen LogP contribution >= 0.6 is 0 Å². The van der Waals surface area contributed by atoms with Gasteiger partial charge in [-0.1, -0.05) is 145 Å². The molecule has 55 heavy (non-hydrogen) atoms. The molecule has 2 heterocycles. The molecule has 8 aromatic carbocycles. The van der Waals surface area contributed by atoms with E-state index in [1.54, 1.807) is 0 Å². The standard InChI is InChI=1S/2C25H19O.2ClH.Zr/c2*1-2-20-13-14-25(26-20)19-15-18-9-6-12-23(24(18)16-19)22-11-5-8-17-7-3-4-10-21(17)22;;;/h2*3-16H,2H2,1H3;2*1H;/q2*-1;;;+4/p-2. The molecule has 0 saturated carbocycles. The first-order valence-corrected chi connectivity index (χ1v) is 18.2. The molecular weight excluding hydrogens is 795 g/mol. The van der Waals surface area contributed by atoms with E-state index < -0.39 is 0 Å². The maximum Gasteiger partial charge on any atom is 4.00 e. The summed E-state index contributed by atoms with van der Waals surface area (Å²) in [4.78, 5) is 0. The van der Waals surface area contributed by atoms with Gasteiger partial charge in [0.1, 0.15) is 0 Å². The Balaban J connectivity index is 0.000000177. The van der Waals surface area contributed by atoms with Gasteiger partial charge in [-0.05, 0) is 56.9 Å². The average Bonchev–Trinajstić information content (AvgIpc) is 4.03. The van der Waals surface area contributed by atoms with Crippen LogP contribution in [0.4, 0.5) is 0 Å². The Morgan fingerprint density at radius 3 is 1.16 bits per heavy atom. The number of benzene rings is 6. The Hall–Kier alpha value is -4.92. The van der Waals surface area contributed by atoms with Crippen molar-refractivity contribution in [1.29, 1.82) is 0 Å². The molecule has 0 bridgehead atoms. The quantitative estimate of drug-likeness (QED) is 0.158. The van der Waals surface area contributed by atoms with Crippen molar-refractivity contribution in [2.75, 3.05) is 0 Å². The fraction of sp³-hybridized carbons (Fsp3) is 0.0800. The smallest absolute Gasteiger partial charge is 1.00 e. The predicted octanol–water partition coefficient (Wildman–Crippen LogP) is 8.41. The number of fused-ring (bicyclic) bond motifs is 4. The molecule has 10 rings (SSSR count). The fourth-order valence-corrected chi connectivity index (χ4v) is 7.59. The molecule has 10 aromatic rings. The molecule has 0 spiro atoms. The van der Waals surface area contributed by atoms with Crippen LogP contribution < -0.4 is 24.8 Å². The van der Waals surface area contributed by atoms with Crippen LogP contribution in [0.5, 0.6) is 0 Å². The summed E-state index contributed by atoms with van der Waals surface area (Å²) in [5.41, 5.74) is 7.39. The molecule has 0 radical (unpaired) electrons. The van der Waals surface area contributed by atoms with Gasteiger partial charge in [0, 0.05) is 12.8 Å². The Labute approximate surface area is 353 Å². The third kappa shape index (κ3) is 7.67. The van der Waals surface area contributed by atoms with Crippen LogP contribution in [-0.4, -0.2) is 0 Å². The van der Waals surface area contributed by atoms with E-state index in [4.69, 9.17) is 8.83 Å². The number of aryl methyl sites for hydroxylation is 2. The van der Waals surface area contributed by atoms with E-state index in [2.05, 4.69) is 184 Å². The van der Waals surface area contributed by atoms with Gasteiger partial charge in [0.25, 0.3) is 0 Å². The molecule has 0 aliphatic rings. The summed E-state index contributed by atoms with van der Waals surface area (Å²) in [6.07, 6.45) is 1.84. The molecule has 0 aliphatic heterocycles. The molecule has 0 unspecified atom stereocenters. The second kappa shape index (κ2) is 17.3. The van der Waals surface area contributed by atoms with Crippen LogP contribution in [0.1, 0.15) is 25.4 Å². The number of hydrogen-bond donors (Lipinski definition) is 0. The Bertz CT molecular complexity index is 2640.